The molecule has 0 aromatic carbocycles. The molecule has 0 radical (unpaired) electrons. The molecule has 0 fully saturated rings. The lowest BCUT2D eigenvalue weighted by molar-refractivity contribution is 0.242. The summed E-state index contributed by atoms with van der Waals surface area (Å²) in [5.74, 6) is 0.544. The number of nitrogens with zero attached hydrogens (tertiary/aromatic N) is 1. The number of aliphatic imine (C=N–C) groups is 1. The third kappa shape index (κ3) is 6.07. The van der Waals surface area contributed by atoms with E-state index in [1.54, 1.807) is 14.2 Å². The summed E-state index contributed by atoms with van der Waals surface area (Å²) in [4.78, 5) is 4.36. The highest BCUT2D eigenvalue weighted by atomic mass is 28.4. The van der Waals surface area contributed by atoms with E-state index in [0.29, 0.717) is 5.92 Å². The molecular formula is C11H25NO2Si. The van der Waals surface area contributed by atoms with E-state index in [0.717, 1.165) is 25.1 Å². The molecule has 0 bridgehead atoms. The Labute approximate surface area is 95.1 Å². The van der Waals surface area contributed by atoms with Gasteiger partial charge in [-0.25, -0.2) is 0 Å². The van der Waals surface area contributed by atoms with Gasteiger partial charge in [-0.05, 0) is 24.4 Å². The predicted octanol–water partition coefficient (Wildman–Crippen LogP) is 2.86. The van der Waals surface area contributed by atoms with Crippen LogP contribution in [0, 0.1) is 5.92 Å². The van der Waals surface area contributed by atoms with Crippen molar-refractivity contribution in [2.45, 2.75) is 39.3 Å². The zero-order chi connectivity index (χ0) is 11.7. The smallest absolute Gasteiger partial charge is 0.337 e. The quantitative estimate of drug-likeness (QED) is 0.365. The molecule has 0 aliphatic carbocycles. The molecule has 0 saturated heterocycles. The minimum absolute atomic E-state index is 0.544. The Morgan fingerprint density at radius 1 is 1.27 bits per heavy atom. The van der Waals surface area contributed by atoms with E-state index in [4.69, 9.17) is 8.85 Å². The van der Waals surface area contributed by atoms with Gasteiger partial charge in [0.2, 0.25) is 0 Å². The summed E-state index contributed by atoms with van der Waals surface area (Å²) in [6.45, 7) is 7.30. The van der Waals surface area contributed by atoms with E-state index in [1.165, 1.54) is 0 Å². The van der Waals surface area contributed by atoms with E-state index >= 15 is 0 Å². The SMILES string of the molecule is CC[Si](CCCN=CC(C)C)(OC)OC. The molecule has 0 atom stereocenters. The van der Waals surface area contributed by atoms with Crippen LogP contribution < -0.4 is 0 Å². The van der Waals surface area contributed by atoms with Gasteiger partial charge in [-0.3, -0.25) is 4.99 Å². The Morgan fingerprint density at radius 3 is 2.27 bits per heavy atom. The molecule has 3 nitrogen and oxygen atoms in total. The molecule has 0 rings (SSSR count). The molecule has 0 heterocycles. The Kier molecular flexibility index (Phi) is 7.91. The van der Waals surface area contributed by atoms with Crippen molar-refractivity contribution in [2.75, 3.05) is 20.8 Å². The molecule has 0 aliphatic heterocycles. The van der Waals surface area contributed by atoms with Crippen molar-refractivity contribution in [1.29, 1.82) is 0 Å². The molecule has 0 aromatic rings. The molecule has 0 N–H and O–H groups in total. The maximum Gasteiger partial charge on any atom is 0.337 e. The monoisotopic (exact) mass is 231 g/mol. The van der Waals surface area contributed by atoms with E-state index in [1.807, 2.05) is 6.21 Å². The van der Waals surface area contributed by atoms with E-state index in [2.05, 4.69) is 25.8 Å². The highest BCUT2D eigenvalue weighted by molar-refractivity contribution is 6.67. The van der Waals surface area contributed by atoms with Crippen LogP contribution in [0.5, 0.6) is 0 Å². The Morgan fingerprint density at radius 2 is 1.87 bits per heavy atom. The summed E-state index contributed by atoms with van der Waals surface area (Å²) in [6.07, 6.45) is 3.07. The van der Waals surface area contributed by atoms with Crippen LogP contribution in [0.1, 0.15) is 27.2 Å². The maximum absolute atomic E-state index is 5.53. The van der Waals surface area contributed by atoms with Crippen molar-refractivity contribution in [3.05, 3.63) is 0 Å². The van der Waals surface area contributed by atoms with Gasteiger partial charge >= 0.3 is 8.56 Å². The van der Waals surface area contributed by atoms with Crippen LogP contribution in [0.4, 0.5) is 0 Å². The van der Waals surface area contributed by atoms with Crippen molar-refractivity contribution in [2.24, 2.45) is 10.9 Å². The highest BCUT2D eigenvalue weighted by Crippen LogP contribution is 2.18. The first kappa shape index (κ1) is 14.8. The van der Waals surface area contributed by atoms with Crippen LogP contribution in [-0.2, 0) is 8.85 Å². The molecule has 4 heteroatoms. The summed E-state index contributed by atoms with van der Waals surface area (Å²) in [5.41, 5.74) is 0. The van der Waals surface area contributed by atoms with Crippen molar-refractivity contribution in [1.82, 2.24) is 0 Å². The number of hydrogen-bond acceptors (Lipinski definition) is 3. The summed E-state index contributed by atoms with van der Waals surface area (Å²) in [6, 6.07) is 2.04. The van der Waals surface area contributed by atoms with Gasteiger partial charge in [0.05, 0.1) is 0 Å². The van der Waals surface area contributed by atoms with Gasteiger partial charge in [0.1, 0.15) is 0 Å². The number of rotatable bonds is 8. The summed E-state index contributed by atoms with van der Waals surface area (Å²) in [5, 5.41) is 0. The van der Waals surface area contributed by atoms with E-state index in [9.17, 15) is 0 Å². The minimum Gasteiger partial charge on any atom is -0.398 e. The molecular weight excluding hydrogens is 206 g/mol. The van der Waals surface area contributed by atoms with Crippen LogP contribution in [-0.4, -0.2) is 35.5 Å². The first-order chi connectivity index (χ1) is 7.10. The van der Waals surface area contributed by atoms with E-state index in [-0.39, 0.29) is 0 Å². The zero-order valence-corrected chi connectivity index (χ0v) is 11.7. The lowest BCUT2D eigenvalue weighted by atomic mass is 10.2. The van der Waals surface area contributed by atoms with Gasteiger partial charge in [0, 0.05) is 27.0 Å². The lowest BCUT2D eigenvalue weighted by Gasteiger charge is -2.25. The number of hydrogen-bond donors (Lipinski definition) is 0. The third-order valence-corrected chi connectivity index (χ3v) is 6.21. The van der Waals surface area contributed by atoms with E-state index < -0.39 is 8.56 Å². The Balaban J connectivity index is 3.81. The molecule has 0 amide bonds. The molecule has 0 aromatic heterocycles. The lowest BCUT2D eigenvalue weighted by Crippen LogP contribution is -2.39. The fourth-order valence-corrected chi connectivity index (χ4v) is 3.68. The van der Waals surface area contributed by atoms with Gasteiger partial charge in [-0.2, -0.15) is 0 Å². The molecule has 0 spiro atoms. The first-order valence-corrected chi connectivity index (χ1v) is 7.93. The van der Waals surface area contributed by atoms with Crippen LogP contribution in [0.15, 0.2) is 4.99 Å². The molecule has 0 unspecified atom stereocenters. The highest BCUT2D eigenvalue weighted by Gasteiger charge is 2.32. The summed E-state index contributed by atoms with van der Waals surface area (Å²) in [7, 11) is 1.65. The second-order valence-corrected chi connectivity index (χ2v) is 7.92. The average molecular weight is 231 g/mol. The summed E-state index contributed by atoms with van der Waals surface area (Å²) >= 11 is 0. The predicted molar refractivity (Wildman–Crippen MR) is 67.9 cm³/mol. The second-order valence-electron chi connectivity index (χ2n) is 4.08. The van der Waals surface area contributed by atoms with Gasteiger partial charge < -0.3 is 8.85 Å². The minimum atomic E-state index is -1.87. The van der Waals surface area contributed by atoms with Crippen molar-refractivity contribution in [3.63, 3.8) is 0 Å². The van der Waals surface area contributed by atoms with Gasteiger partial charge in [-0.15, -0.1) is 0 Å². The van der Waals surface area contributed by atoms with Crippen molar-refractivity contribution < 1.29 is 8.85 Å². The van der Waals surface area contributed by atoms with Crippen LogP contribution in [0.25, 0.3) is 0 Å². The largest absolute Gasteiger partial charge is 0.398 e. The molecule has 0 aliphatic rings. The summed E-state index contributed by atoms with van der Waals surface area (Å²) < 4.78 is 11.1. The molecule has 0 saturated carbocycles. The third-order valence-electron chi connectivity index (χ3n) is 2.53. The zero-order valence-electron chi connectivity index (χ0n) is 10.7. The second kappa shape index (κ2) is 8.02. The maximum atomic E-state index is 5.53. The van der Waals surface area contributed by atoms with Gasteiger partial charge in [0.25, 0.3) is 0 Å². The Hall–Kier alpha value is -0.193. The van der Waals surface area contributed by atoms with Gasteiger partial charge in [0.15, 0.2) is 0 Å². The topological polar surface area (TPSA) is 30.8 Å². The van der Waals surface area contributed by atoms with Crippen molar-refractivity contribution in [3.8, 4) is 0 Å². The van der Waals surface area contributed by atoms with Crippen molar-refractivity contribution >= 4 is 14.8 Å². The van der Waals surface area contributed by atoms with Crippen LogP contribution in [0.3, 0.4) is 0 Å². The van der Waals surface area contributed by atoms with Crippen LogP contribution >= 0.6 is 0 Å². The first-order valence-electron chi connectivity index (χ1n) is 5.70. The standard InChI is InChI=1S/C11H25NO2Si/c1-6-15(13-4,14-5)9-7-8-12-10-11(2)3/h10-11H,6-9H2,1-5H3. The van der Waals surface area contributed by atoms with Crippen LogP contribution in [0.2, 0.25) is 12.1 Å². The fraction of sp³-hybridized carbons (Fsp3) is 0.909. The molecule has 90 valence electrons. The Bertz CT molecular complexity index is 171. The fourth-order valence-electron chi connectivity index (χ4n) is 1.48. The molecule has 15 heavy (non-hydrogen) atoms. The average Bonchev–Trinajstić information content (AvgIpc) is 2.24. The van der Waals surface area contributed by atoms with Gasteiger partial charge in [-0.1, -0.05) is 20.8 Å². The normalized spacial score (nSPS) is 12.9.